The summed E-state index contributed by atoms with van der Waals surface area (Å²) in [6, 6.07) is 1.88. The lowest BCUT2D eigenvalue weighted by Gasteiger charge is -2.37. The molecule has 1 heterocycles. The molecule has 0 atom stereocenters. The molecule has 3 heteroatoms. The zero-order valence-electron chi connectivity index (χ0n) is 11.4. The Balaban J connectivity index is 2.28. The Morgan fingerprint density at radius 1 is 1.44 bits per heavy atom. The summed E-state index contributed by atoms with van der Waals surface area (Å²) in [6.45, 7) is 4.18. The van der Waals surface area contributed by atoms with Gasteiger partial charge in [0.1, 0.15) is 5.60 Å². The van der Waals surface area contributed by atoms with Crippen LogP contribution in [0, 0.1) is 12.8 Å². The molecule has 1 fully saturated rings. The third kappa shape index (κ3) is 2.32. The van der Waals surface area contributed by atoms with Crippen LogP contribution in [0.25, 0.3) is 0 Å². The quantitative estimate of drug-likeness (QED) is 0.770. The van der Waals surface area contributed by atoms with Gasteiger partial charge >= 0.3 is 0 Å². The second kappa shape index (κ2) is 5.19. The lowest BCUT2D eigenvalue weighted by Crippen LogP contribution is -2.44. The van der Waals surface area contributed by atoms with Crippen LogP contribution >= 0.6 is 0 Å². The first-order chi connectivity index (χ1) is 8.59. The number of carbonyl (C=O) groups excluding carboxylic acids is 1. The predicted octanol–water partition coefficient (Wildman–Crippen LogP) is 3.17. The molecule has 1 aromatic heterocycles. The average molecular weight is 247 g/mol. The number of ketones is 1. The summed E-state index contributed by atoms with van der Waals surface area (Å²) in [7, 11) is 1.65. The first-order valence-corrected chi connectivity index (χ1v) is 6.59. The van der Waals surface area contributed by atoms with Gasteiger partial charge in [-0.05, 0) is 50.2 Å². The highest BCUT2D eigenvalue weighted by Crippen LogP contribution is 2.37. The van der Waals surface area contributed by atoms with Crippen LogP contribution in [0.15, 0.2) is 18.5 Å². The smallest absolute Gasteiger partial charge is 0.196 e. The average Bonchev–Trinajstić information content (AvgIpc) is 2.40. The van der Waals surface area contributed by atoms with Crippen molar-refractivity contribution in [2.24, 2.45) is 5.92 Å². The summed E-state index contributed by atoms with van der Waals surface area (Å²) in [5.74, 6) is 0.790. The number of hydrogen-bond donors (Lipinski definition) is 0. The Hall–Kier alpha value is -1.22. The van der Waals surface area contributed by atoms with Gasteiger partial charge in [0.15, 0.2) is 5.78 Å². The fourth-order valence-electron chi connectivity index (χ4n) is 2.70. The highest BCUT2D eigenvalue weighted by atomic mass is 16.5. The molecule has 0 N–H and O–H groups in total. The van der Waals surface area contributed by atoms with Crippen molar-refractivity contribution in [3.63, 3.8) is 0 Å². The van der Waals surface area contributed by atoms with E-state index in [1.165, 1.54) is 0 Å². The second-order valence-corrected chi connectivity index (χ2v) is 5.40. The minimum Gasteiger partial charge on any atom is -0.370 e. The molecule has 2 rings (SSSR count). The second-order valence-electron chi connectivity index (χ2n) is 5.40. The van der Waals surface area contributed by atoms with E-state index in [0.717, 1.165) is 31.2 Å². The molecular formula is C15H21NO2. The maximum atomic E-state index is 12.7. The van der Waals surface area contributed by atoms with Crippen LogP contribution in [0.2, 0.25) is 0 Å². The van der Waals surface area contributed by atoms with Crippen LogP contribution in [0.3, 0.4) is 0 Å². The van der Waals surface area contributed by atoms with Crippen molar-refractivity contribution in [2.45, 2.75) is 45.1 Å². The monoisotopic (exact) mass is 247 g/mol. The van der Waals surface area contributed by atoms with Crippen LogP contribution in [-0.4, -0.2) is 23.5 Å². The summed E-state index contributed by atoms with van der Waals surface area (Å²) in [5.41, 5.74) is 1.05. The minimum atomic E-state index is -0.625. The van der Waals surface area contributed by atoms with Crippen LogP contribution in [0.4, 0.5) is 0 Å². The van der Waals surface area contributed by atoms with E-state index in [9.17, 15) is 4.79 Å². The fraction of sp³-hybridized carbons (Fsp3) is 0.600. The normalized spacial score (nSPS) is 28.1. The molecule has 0 aliphatic heterocycles. The van der Waals surface area contributed by atoms with Gasteiger partial charge in [0, 0.05) is 25.1 Å². The number of aryl methyl sites for hydroxylation is 1. The number of pyridine rings is 1. The number of carbonyl (C=O) groups is 1. The lowest BCUT2D eigenvalue weighted by molar-refractivity contribution is -0.0263. The number of aromatic nitrogens is 1. The largest absolute Gasteiger partial charge is 0.370 e. The summed E-state index contributed by atoms with van der Waals surface area (Å²) in [5, 5.41) is 0. The highest BCUT2D eigenvalue weighted by Gasteiger charge is 2.41. The van der Waals surface area contributed by atoms with E-state index in [4.69, 9.17) is 4.74 Å². The van der Waals surface area contributed by atoms with Crippen molar-refractivity contribution in [1.29, 1.82) is 0 Å². The number of rotatable bonds is 3. The fourth-order valence-corrected chi connectivity index (χ4v) is 2.70. The van der Waals surface area contributed by atoms with Gasteiger partial charge in [0.2, 0.25) is 0 Å². The molecule has 0 amide bonds. The van der Waals surface area contributed by atoms with Crippen LogP contribution in [0.1, 0.15) is 48.5 Å². The molecule has 3 nitrogen and oxygen atoms in total. The molecule has 1 aliphatic carbocycles. The molecule has 0 radical (unpaired) electrons. The highest BCUT2D eigenvalue weighted by molar-refractivity contribution is 6.03. The zero-order chi connectivity index (χ0) is 13.2. The molecule has 0 saturated heterocycles. The molecule has 0 unspecified atom stereocenters. The van der Waals surface area contributed by atoms with Gasteiger partial charge in [0.05, 0.1) is 0 Å². The van der Waals surface area contributed by atoms with Gasteiger partial charge in [-0.3, -0.25) is 9.78 Å². The molecule has 0 aromatic carbocycles. The first kappa shape index (κ1) is 13.2. The predicted molar refractivity (Wildman–Crippen MR) is 70.7 cm³/mol. The maximum absolute atomic E-state index is 12.7. The number of ether oxygens (including phenoxy) is 1. The van der Waals surface area contributed by atoms with Crippen molar-refractivity contribution in [3.8, 4) is 0 Å². The van der Waals surface area contributed by atoms with Crippen molar-refractivity contribution < 1.29 is 9.53 Å². The van der Waals surface area contributed by atoms with Gasteiger partial charge in [-0.2, -0.15) is 0 Å². The lowest BCUT2D eigenvalue weighted by atomic mass is 9.75. The SMILES string of the molecule is COC1(C(=O)c2cnccc2C)CCC(C)CC1. The number of Topliss-reactive ketones (excluding diaryl/α,β-unsaturated/α-hetero) is 1. The molecule has 1 aliphatic rings. The van der Waals surface area contributed by atoms with Crippen molar-refractivity contribution in [3.05, 3.63) is 29.6 Å². The van der Waals surface area contributed by atoms with Crippen molar-refractivity contribution >= 4 is 5.78 Å². The van der Waals surface area contributed by atoms with Gasteiger partial charge in [-0.15, -0.1) is 0 Å². The maximum Gasteiger partial charge on any atom is 0.196 e. The number of methoxy groups -OCH3 is 1. The Bertz CT molecular complexity index is 434. The van der Waals surface area contributed by atoms with Gasteiger partial charge in [-0.25, -0.2) is 0 Å². The minimum absolute atomic E-state index is 0.0995. The summed E-state index contributed by atoms with van der Waals surface area (Å²) >= 11 is 0. The standard InChI is InChI=1S/C15H21NO2/c1-11-4-7-15(18-3,8-5-11)14(17)13-10-16-9-6-12(13)2/h6,9-11H,4-5,7-8H2,1-3H3. The molecule has 1 saturated carbocycles. The Morgan fingerprint density at radius 3 is 2.67 bits per heavy atom. The van der Waals surface area contributed by atoms with E-state index in [1.807, 2.05) is 13.0 Å². The Labute approximate surface area is 109 Å². The van der Waals surface area contributed by atoms with E-state index in [1.54, 1.807) is 19.5 Å². The van der Waals surface area contributed by atoms with Crippen LogP contribution < -0.4 is 0 Å². The van der Waals surface area contributed by atoms with Gasteiger partial charge in [0.25, 0.3) is 0 Å². The topological polar surface area (TPSA) is 39.2 Å². The molecule has 0 bridgehead atoms. The van der Waals surface area contributed by atoms with Crippen LogP contribution in [-0.2, 0) is 4.74 Å². The molecule has 18 heavy (non-hydrogen) atoms. The zero-order valence-corrected chi connectivity index (χ0v) is 11.4. The van der Waals surface area contributed by atoms with Gasteiger partial charge in [-0.1, -0.05) is 6.92 Å². The third-order valence-corrected chi connectivity index (χ3v) is 4.17. The third-order valence-electron chi connectivity index (χ3n) is 4.17. The van der Waals surface area contributed by atoms with E-state index in [-0.39, 0.29) is 5.78 Å². The van der Waals surface area contributed by atoms with Crippen molar-refractivity contribution in [1.82, 2.24) is 4.98 Å². The van der Waals surface area contributed by atoms with E-state index in [0.29, 0.717) is 11.5 Å². The number of nitrogens with zero attached hydrogens (tertiary/aromatic N) is 1. The number of hydrogen-bond acceptors (Lipinski definition) is 3. The van der Waals surface area contributed by atoms with E-state index < -0.39 is 5.60 Å². The molecular weight excluding hydrogens is 226 g/mol. The Kier molecular flexibility index (Phi) is 3.81. The summed E-state index contributed by atoms with van der Waals surface area (Å²) < 4.78 is 5.62. The molecule has 1 aromatic rings. The van der Waals surface area contributed by atoms with E-state index in [2.05, 4.69) is 11.9 Å². The Morgan fingerprint density at radius 2 is 2.11 bits per heavy atom. The van der Waals surface area contributed by atoms with Gasteiger partial charge < -0.3 is 4.74 Å². The van der Waals surface area contributed by atoms with Crippen LogP contribution in [0.5, 0.6) is 0 Å². The molecule has 0 spiro atoms. The van der Waals surface area contributed by atoms with E-state index >= 15 is 0 Å². The van der Waals surface area contributed by atoms with Crippen molar-refractivity contribution in [2.75, 3.05) is 7.11 Å². The summed E-state index contributed by atoms with van der Waals surface area (Å²) in [6.07, 6.45) is 7.12. The first-order valence-electron chi connectivity index (χ1n) is 6.59. The summed E-state index contributed by atoms with van der Waals surface area (Å²) in [4.78, 5) is 16.8. The molecule has 98 valence electrons.